The topological polar surface area (TPSA) is 72.6 Å². The second kappa shape index (κ2) is 14.5. The number of hydrogen-bond donors (Lipinski definition) is 1. The fourth-order valence-electron chi connectivity index (χ4n) is 2.62. The number of rotatable bonds is 11. The van der Waals surface area contributed by atoms with Gasteiger partial charge in [0.15, 0.2) is 0 Å². The van der Waals surface area contributed by atoms with Gasteiger partial charge in [-0.2, -0.15) is 0 Å². The third-order valence-electron chi connectivity index (χ3n) is 3.88. The van der Waals surface area contributed by atoms with Crippen molar-refractivity contribution in [3.05, 3.63) is 0 Å². The SMILES string of the molecule is CC.CCCOC(=O)C1CC(=O)N(CCCCCCCCN)C1. The standard InChI is InChI=1S/C16H30N2O3.C2H6/c1-2-11-21-16(20)14-12-15(19)18(13-14)10-8-6-4-3-5-7-9-17;1-2/h14H,2-13,17H2,1H3;1-2H3. The molecule has 136 valence electrons. The molecule has 1 unspecified atom stereocenters. The van der Waals surface area contributed by atoms with Gasteiger partial charge in [0.2, 0.25) is 5.91 Å². The van der Waals surface area contributed by atoms with Crippen LogP contribution in [0.15, 0.2) is 0 Å². The summed E-state index contributed by atoms with van der Waals surface area (Å²) in [7, 11) is 0. The van der Waals surface area contributed by atoms with Crippen molar-refractivity contribution in [1.82, 2.24) is 4.90 Å². The minimum atomic E-state index is -0.256. The molecule has 0 radical (unpaired) electrons. The molecule has 1 saturated heterocycles. The number of esters is 1. The molecule has 0 saturated carbocycles. The molecule has 1 atom stereocenters. The number of hydrogen-bond acceptors (Lipinski definition) is 4. The molecule has 1 rings (SSSR count). The van der Waals surface area contributed by atoms with E-state index in [4.69, 9.17) is 10.5 Å². The van der Waals surface area contributed by atoms with Crippen molar-refractivity contribution >= 4 is 11.9 Å². The molecule has 0 aromatic rings. The maximum absolute atomic E-state index is 11.9. The van der Waals surface area contributed by atoms with Gasteiger partial charge < -0.3 is 15.4 Å². The van der Waals surface area contributed by atoms with Crippen LogP contribution >= 0.6 is 0 Å². The Bertz CT molecular complexity index is 321. The molecule has 23 heavy (non-hydrogen) atoms. The Hall–Kier alpha value is -1.10. The third-order valence-corrected chi connectivity index (χ3v) is 3.88. The van der Waals surface area contributed by atoms with Crippen LogP contribution in [0.25, 0.3) is 0 Å². The van der Waals surface area contributed by atoms with Gasteiger partial charge in [-0.05, 0) is 25.8 Å². The zero-order valence-corrected chi connectivity index (χ0v) is 15.3. The van der Waals surface area contributed by atoms with E-state index < -0.39 is 0 Å². The van der Waals surface area contributed by atoms with Gasteiger partial charge >= 0.3 is 5.97 Å². The highest BCUT2D eigenvalue weighted by atomic mass is 16.5. The van der Waals surface area contributed by atoms with Crippen LogP contribution in [0.4, 0.5) is 0 Å². The van der Waals surface area contributed by atoms with Crippen LogP contribution in [0.2, 0.25) is 0 Å². The summed E-state index contributed by atoms with van der Waals surface area (Å²) in [5, 5.41) is 0. The summed E-state index contributed by atoms with van der Waals surface area (Å²) in [4.78, 5) is 25.5. The maximum atomic E-state index is 11.9. The van der Waals surface area contributed by atoms with E-state index in [-0.39, 0.29) is 17.8 Å². The Labute approximate surface area is 141 Å². The van der Waals surface area contributed by atoms with Gasteiger partial charge in [0, 0.05) is 19.5 Å². The number of unbranched alkanes of at least 4 members (excludes halogenated alkanes) is 5. The van der Waals surface area contributed by atoms with Crippen LogP contribution in [0.1, 0.15) is 72.1 Å². The van der Waals surface area contributed by atoms with Crippen molar-refractivity contribution in [3.8, 4) is 0 Å². The van der Waals surface area contributed by atoms with Crippen molar-refractivity contribution in [2.45, 2.75) is 72.1 Å². The van der Waals surface area contributed by atoms with Crippen LogP contribution in [0.3, 0.4) is 0 Å². The fraction of sp³-hybridized carbons (Fsp3) is 0.889. The Morgan fingerprint density at radius 2 is 1.78 bits per heavy atom. The average molecular weight is 328 g/mol. The monoisotopic (exact) mass is 328 g/mol. The van der Waals surface area contributed by atoms with E-state index in [2.05, 4.69) is 0 Å². The van der Waals surface area contributed by atoms with Gasteiger partial charge in [0.25, 0.3) is 0 Å². The molecular formula is C18H36N2O3. The number of likely N-dealkylation sites (tertiary alicyclic amines) is 1. The Morgan fingerprint density at radius 1 is 1.17 bits per heavy atom. The normalized spacial score (nSPS) is 17.0. The number of nitrogens with two attached hydrogens (primary N) is 1. The molecular weight excluding hydrogens is 292 g/mol. The smallest absolute Gasteiger partial charge is 0.311 e. The molecule has 1 aliphatic heterocycles. The minimum Gasteiger partial charge on any atom is -0.465 e. The lowest BCUT2D eigenvalue weighted by Gasteiger charge is -2.16. The number of carbonyl (C=O) groups is 2. The molecule has 0 aromatic heterocycles. The summed E-state index contributed by atoms with van der Waals surface area (Å²) in [6, 6.07) is 0. The maximum Gasteiger partial charge on any atom is 0.311 e. The summed E-state index contributed by atoms with van der Waals surface area (Å²) in [5.41, 5.74) is 5.45. The second-order valence-electron chi connectivity index (χ2n) is 5.82. The minimum absolute atomic E-state index is 0.0941. The van der Waals surface area contributed by atoms with Gasteiger partial charge in [-0.3, -0.25) is 9.59 Å². The highest BCUT2D eigenvalue weighted by Gasteiger charge is 2.34. The quantitative estimate of drug-likeness (QED) is 0.467. The predicted molar refractivity (Wildman–Crippen MR) is 94.0 cm³/mol. The molecule has 1 aliphatic rings. The number of ether oxygens (including phenoxy) is 1. The lowest BCUT2D eigenvalue weighted by molar-refractivity contribution is -0.148. The van der Waals surface area contributed by atoms with Gasteiger partial charge in [-0.25, -0.2) is 0 Å². The summed E-state index contributed by atoms with van der Waals surface area (Å²) >= 11 is 0. The molecule has 1 amide bonds. The van der Waals surface area contributed by atoms with E-state index in [9.17, 15) is 9.59 Å². The zero-order valence-electron chi connectivity index (χ0n) is 15.3. The van der Waals surface area contributed by atoms with Crippen LogP contribution in [0, 0.1) is 5.92 Å². The van der Waals surface area contributed by atoms with Crippen molar-refractivity contribution in [1.29, 1.82) is 0 Å². The molecule has 1 heterocycles. The van der Waals surface area contributed by atoms with E-state index in [1.807, 2.05) is 25.7 Å². The lowest BCUT2D eigenvalue weighted by Crippen LogP contribution is -2.27. The summed E-state index contributed by atoms with van der Waals surface area (Å²) < 4.78 is 5.12. The molecule has 2 N–H and O–H groups in total. The Kier molecular flexibility index (Phi) is 13.8. The molecule has 5 nitrogen and oxygen atoms in total. The van der Waals surface area contributed by atoms with Crippen molar-refractivity contribution < 1.29 is 14.3 Å². The third kappa shape index (κ3) is 9.59. The first-order valence-electron chi connectivity index (χ1n) is 9.33. The molecule has 5 heteroatoms. The summed E-state index contributed by atoms with van der Waals surface area (Å²) in [6.07, 6.45) is 8.02. The lowest BCUT2D eigenvalue weighted by atomic mass is 10.1. The van der Waals surface area contributed by atoms with E-state index >= 15 is 0 Å². The zero-order chi connectivity index (χ0) is 17.5. The molecule has 0 bridgehead atoms. The highest BCUT2D eigenvalue weighted by molar-refractivity contribution is 5.86. The first-order chi connectivity index (χ1) is 11.2. The van der Waals surface area contributed by atoms with Gasteiger partial charge in [0.1, 0.15) is 0 Å². The first kappa shape index (κ1) is 21.9. The number of carbonyl (C=O) groups excluding carboxylic acids is 2. The Morgan fingerprint density at radius 3 is 2.39 bits per heavy atom. The van der Waals surface area contributed by atoms with Gasteiger partial charge in [-0.15, -0.1) is 0 Å². The van der Waals surface area contributed by atoms with E-state index in [1.165, 1.54) is 19.3 Å². The van der Waals surface area contributed by atoms with Crippen LogP contribution in [0.5, 0.6) is 0 Å². The van der Waals surface area contributed by atoms with E-state index in [0.29, 0.717) is 19.6 Å². The number of amides is 1. The Balaban J connectivity index is 0.00000232. The summed E-state index contributed by atoms with van der Waals surface area (Å²) in [5.74, 6) is -0.375. The average Bonchev–Trinajstić information content (AvgIpc) is 2.94. The number of nitrogens with zero attached hydrogens (tertiary/aromatic N) is 1. The molecule has 1 fully saturated rings. The first-order valence-corrected chi connectivity index (χ1v) is 9.33. The van der Waals surface area contributed by atoms with Crippen molar-refractivity contribution in [2.24, 2.45) is 11.7 Å². The van der Waals surface area contributed by atoms with Crippen LogP contribution < -0.4 is 5.73 Å². The second-order valence-corrected chi connectivity index (χ2v) is 5.82. The summed E-state index contributed by atoms with van der Waals surface area (Å²) in [6.45, 7) is 8.50. The molecule has 0 aliphatic carbocycles. The van der Waals surface area contributed by atoms with Gasteiger partial charge in [0.05, 0.1) is 12.5 Å². The van der Waals surface area contributed by atoms with Crippen molar-refractivity contribution in [2.75, 3.05) is 26.2 Å². The molecule has 0 aromatic carbocycles. The predicted octanol–water partition coefficient (Wildman–Crippen LogP) is 3.11. The van der Waals surface area contributed by atoms with Gasteiger partial charge in [-0.1, -0.05) is 46.5 Å². The highest BCUT2D eigenvalue weighted by Crippen LogP contribution is 2.20. The fourth-order valence-corrected chi connectivity index (χ4v) is 2.62. The largest absolute Gasteiger partial charge is 0.465 e. The van der Waals surface area contributed by atoms with Crippen molar-refractivity contribution in [3.63, 3.8) is 0 Å². The molecule has 0 spiro atoms. The van der Waals surface area contributed by atoms with E-state index in [0.717, 1.165) is 38.8 Å². The van der Waals surface area contributed by atoms with E-state index in [1.54, 1.807) is 0 Å². The van der Waals surface area contributed by atoms with Crippen LogP contribution in [-0.4, -0.2) is 43.0 Å². The van der Waals surface area contributed by atoms with Crippen LogP contribution in [-0.2, 0) is 14.3 Å².